The summed E-state index contributed by atoms with van der Waals surface area (Å²) in [5, 5.41) is 20.4. The minimum Gasteiger partial charge on any atom is -0.481 e. The number of carbonyl (C=O) groups is 3. The summed E-state index contributed by atoms with van der Waals surface area (Å²) in [5.74, 6) is 2.59. The zero-order chi connectivity index (χ0) is 23.3. The third kappa shape index (κ3) is 5.45. The Labute approximate surface area is 180 Å². The molecule has 0 radical (unpaired) electrons. The van der Waals surface area contributed by atoms with Gasteiger partial charge in [0, 0.05) is 29.3 Å². The van der Waals surface area contributed by atoms with Crippen LogP contribution in [-0.2, 0) is 9.59 Å². The molecule has 3 rings (SSSR count). The zero-order valence-corrected chi connectivity index (χ0v) is 16.5. The fraction of sp³-hybridized carbons (Fsp3) is 0.143. The van der Waals surface area contributed by atoms with Gasteiger partial charge >= 0.3 is 11.9 Å². The standard InChI is InChI=1S/C21H17N5O6/c22-21-25-17-14(19(30)26-21)9-12(10-23-17)2-1-11-3-5-13(6-4-11)18(29)24-15(20(31)32)7-8-16(27)28/h3-6,9-10,15H,7-8H2,(H,24,29)(H,27,28)(H,31,32)(H3,22,23,25,26,30)/t15-/m0/s1. The van der Waals surface area contributed by atoms with Gasteiger partial charge in [-0.25, -0.2) is 9.78 Å². The van der Waals surface area contributed by atoms with Crippen molar-refractivity contribution in [2.75, 3.05) is 5.73 Å². The van der Waals surface area contributed by atoms with Crippen LogP contribution in [-0.4, -0.2) is 49.1 Å². The normalized spacial score (nSPS) is 11.2. The van der Waals surface area contributed by atoms with E-state index in [-0.39, 0.29) is 35.4 Å². The molecule has 0 fully saturated rings. The number of aromatic nitrogens is 3. The molecule has 6 N–H and O–H groups in total. The van der Waals surface area contributed by atoms with Gasteiger partial charge in [0.1, 0.15) is 6.04 Å². The number of fused-ring (bicyclic) bond motifs is 1. The first-order valence-electron chi connectivity index (χ1n) is 9.26. The quantitative estimate of drug-likeness (QED) is 0.340. The molecule has 3 aromatic rings. The Morgan fingerprint density at radius 3 is 2.47 bits per heavy atom. The maximum absolute atomic E-state index is 12.3. The smallest absolute Gasteiger partial charge is 0.326 e. The van der Waals surface area contributed by atoms with Crippen LogP contribution in [0.1, 0.15) is 34.3 Å². The SMILES string of the molecule is Nc1nc2ncc(C#Cc3ccc(C(=O)N[C@@H](CCC(=O)O)C(=O)O)cc3)cc2c(=O)[nH]1. The van der Waals surface area contributed by atoms with Gasteiger partial charge in [0.25, 0.3) is 11.5 Å². The van der Waals surface area contributed by atoms with Crippen LogP contribution in [0.3, 0.4) is 0 Å². The molecule has 0 aliphatic carbocycles. The molecule has 0 saturated carbocycles. The topological polar surface area (TPSA) is 188 Å². The lowest BCUT2D eigenvalue weighted by Crippen LogP contribution is -2.41. The molecule has 32 heavy (non-hydrogen) atoms. The molecule has 162 valence electrons. The predicted octanol–water partition coefficient (Wildman–Crippen LogP) is 0.348. The number of H-pyrrole nitrogens is 1. The summed E-state index contributed by atoms with van der Waals surface area (Å²) in [7, 11) is 0. The monoisotopic (exact) mass is 435 g/mol. The first-order valence-corrected chi connectivity index (χ1v) is 9.26. The third-order valence-electron chi connectivity index (χ3n) is 4.33. The van der Waals surface area contributed by atoms with E-state index in [1.165, 1.54) is 24.4 Å². The van der Waals surface area contributed by atoms with Crippen molar-refractivity contribution in [3.63, 3.8) is 0 Å². The molecule has 2 heterocycles. The van der Waals surface area contributed by atoms with E-state index in [4.69, 9.17) is 15.9 Å². The number of amides is 1. The summed E-state index contributed by atoms with van der Waals surface area (Å²) in [6, 6.07) is 6.28. The van der Waals surface area contributed by atoms with Crippen molar-refractivity contribution < 1.29 is 24.6 Å². The summed E-state index contributed by atoms with van der Waals surface area (Å²) >= 11 is 0. The van der Waals surface area contributed by atoms with Crippen molar-refractivity contribution >= 4 is 34.8 Å². The molecule has 0 spiro atoms. The Morgan fingerprint density at radius 2 is 1.81 bits per heavy atom. The number of benzene rings is 1. The van der Waals surface area contributed by atoms with E-state index in [1.807, 2.05) is 0 Å². The van der Waals surface area contributed by atoms with E-state index in [2.05, 4.69) is 32.1 Å². The van der Waals surface area contributed by atoms with E-state index in [9.17, 15) is 19.2 Å². The average molecular weight is 435 g/mol. The number of nitrogen functional groups attached to an aromatic ring is 1. The van der Waals surface area contributed by atoms with Crippen LogP contribution in [0.4, 0.5) is 5.95 Å². The number of aliphatic carboxylic acids is 2. The lowest BCUT2D eigenvalue weighted by molar-refractivity contribution is -0.140. The highest BCUT2D eigenvalue weighted by molar-refractivity contribution is 5.96. The van der Waals surface area contributed by atoms with Crippen molar-refractivity contribution in [3.05, 3.63) is 63.6 Å². The molecule has 1 atom stereocenters. The van der Waals surface area contributed by atoms with Crippen molar-refractivity contribution in [2.45, 2.75) is 18.9 Å². The highest BCUT2D eigenvalue weighted by Crippen LogP contribution is 2.09. The number of nitrogens with zero attached hydrogens (tertiary/aromatic N) is 2. The van der Waals surface area contributed by atoms with Crippen LogP contribution >= 0.6 is 0 Å². The fourth-order valence-corrected chi connectivity index (χ4v) is 2.72. The molecule has 0 saturated heterocycles. The lowest BCUT2D eigenvalue weighted by Gasteiger charge is -2.13. The van der Waals surface area contributed by atoms with Gasteiger partial charge < -0.3 is 21.3 Å². The van der Waals surface area contributed by atoms with Gasteiger partial charge in [-0.15, -0.1) is 0 Å². The summed E-state index contributed by atoms with van der Waals surface area (Å²) in [5.41, 5.74) is 6.49. The molecule has 1 aromatic carbocycles. The number of hydrogen-bond acceptors (Lipinski definition) is 7. The molecule has 0 bridgehead atoms. The van der Waals surface area contributed by atoms with Crippen molar-refractivity contribution in [1.82, 2.24) is 20.3 Å². The second-order valence-corrected chi connectivity index (χ2v) is 6.67. The van der Waals surface area contributed by atoms with Crippen LogP contribution < -0.4 is 16.6 Å². The molecule has 0 aliphatic rings. The third-order valence-corrected chi connectivity index (χ3v) is 4.33. The first-order chi connectivity index (χ1) is 15.2. The maximum Gasteiger partial charge on any atom is 0.326 e. The number of aromatic amines is 1. The maximum atomic E-state index is 12.3. The van der Waals surface area contributed by atoms with E-state index < -0.39 is 29.4 Å². The Kier molecular flexibility index (Phi) is 6.45. The van der Waals surface area contributed by atoms with Crippen LogP contribution in [0.25, 0.3) is 11.0 Å². The molecular weight excluding hydrogens is 418 g/mol. The number of carboxylic acid groups (broad SMARTS) is 2. The Morgan fingerprint density at radius 1 is 1.12 bits per heavy atom. The minimum atomic E-state index is -1.32. The number of pyridine rings is 1. The molecule has 0 unspecified atom stereocenters. The number of rotatable bonds is 6. The average Bonchev–Trinajstić information content (AvgIpc) is 2.75. The fourth-order valence-electron chi connectivity index (χ4n) is 2.72. The summed E-state index contributed by atoms with van der Waals surface area (Å²) < 4.78 is 0. The van der Waals surface area contributed by atoms with Gasteiger partial charge in [-0.05, 0) is 36.8 Å². The summed E-state index contributed by atoms with van der Waals surface area (Å²) in [6.45, 7) is 0. The summed E-state index contributed by atoms with van der Waals surface area (Å²) in [6.07, 6.45) is 0.835. The van der Waals surface area contributed by atoms with E-state index >= 15 is 0 Å². The number of anilines is 1. The van der Waals surface area contributed by atoms with Gasteiger partial charge in [-0.2, -0.15) is 4.98 Å². The Bertz CT molecular complexity index is 1320. The highest BCUT2D eigenvalue weighted by atomic mass is 16.4. The van der Waals surface area contributed by atoms with Crippen LogP contribution in [0.15, 0.2) is 41.3 Å². The van der Waals surface area contributed by atoms with Crippen molar-refractivity contribution in [2.24, 2.45) is 0 Å². The van der Waals surface area contributed by atoms with Gasteiger partial charge in [0.15, 0.2) is 5.65 Å². The van der Waals surface area contributed by atoms with Crippen molar-refractivity contribution in [1.29, 1.82) is 0 Å². The first kappa shape index (κ1) is 22.0. The molecule has 0 aliphatic heterocycles. The number of carbonyl (C=O) groups excluding carboxylic acids is 1. The zero-order valence-electron chi connectivity index (χ0n) is 16.5. The molecule has 11 heteroatoms. The molecular formula is C21H17N5O6. The number of nitrogens with one attached hydrogen (secondary N) is 2. The van der Waals surface area contributed by atoms with Gasteiger partial charge in [-0.3, -0.25) is 19.4 Å². The second kappa shape index (κ2) is 9.40. The largest absolute Gasteiger partial charge is 0.481 e. The second-order valence-electron chi connectivity index (χ2n) is 6.67. The van der Waals surface area contributed by atoms with E-state index in [0.29, 0.717) is 11.1 Å². The van der Waals surface area contributed by atoms with E-state index in [1.54, 1.807) is 12.1 Å². The van der Waals surface area contributed by atoms with Gasteiger partial charge in [-0.1, -0.05) is 11.8 Å². The molecule has 11 nitrogen and oxygen atoms in total. The van der Waals surface area contributed by atoms with Crippen LogP contribution in [0, 0.1) is 11.8 Å². The number of hydrogen-bond donors (Lipinski definition) is 5. The minimum absolute atomic E-state index is 0.0329. The highest BCUT2D eigenvalue weighted by Gasteiger charge is 2.21. The summed E-state index contributed by atoms with van der Waals surface area (Å²) in [4.78, 5) is 56.4. The number of carboxylic acids is 2. The lowest BCUT2D eigenvalue weighted by atomic mass is 10.1. The Balaban J connectivity index is 1.72. The van der Waals surface area contributed by atoms with Crippen LogP contribution in [0.2, 0.25) is 0 Å². The predicted molar refractivity (Wildman–Crippen MR) is 113 cm³/mol. The van der Waals surface area contributed by atoms with Crippen molar-refractivity contribution in [3.8, 4) is 11.8 Å². The van der Waals surface area contributed by atoms with Gasteiger partial charge in [0.05, 0.1) is 5.39 Å². The molecule has 1 amide bonds. The van der Waals surface area contributed by atoms with Gasteiger partial charge in [0.2, 0.25) is 5.95 Å². The number of nitrogens with two attached hydrogens (primary N) is 1. The van der Waals surface area contributed by atoms with Crippen LogP contribution in [0.5, 0.6) is 0 Å². The van der Waals surface area contributed by atoms with E-state index in [0.717, 1.165) is 0 Å². The Hall–Kier alpha value is -4.72. The molecule has 2 aromatic heterocycles.